The first kappa shape index (κ1) is 16.7. The monoisotopic (exact) mass is 359 g/mol. The van der Waals surface area contributed by atoms with Crippen LogP contribution in [0.3, 0.4) is 0 Å². The van der Waals surface area contributed by atoms with Crippen LogP contribution in [0.2, 0.25) is 0 Å². The largest absolute Gasteiger partial charge is 0.355 e. The molecule has 2 aromatic heterocycles. The molecule has 7 heteroatoms. The standard InChI is InChI=1S/C18H25N5OS/c1-18(10-19)5-7-23(11-18)17(24)13-3-2-6-22(9-13)15-14-4-8-25-16(14)21-12-20-15/h4,8,12-13H,2-3,5-7,9-11,19H2,1H3. The normalized spacial score (nSPS) is 27.2. The van der Waals surface area contributed by atoms with Gasteiger partial charge in [0.25, 0.3) is 0 Å². The smallest absolute Gasteiger partial charge is 0.227 e. The van der Waals surface area contributed by atoms with Crippen LogP contribution in [0.1, 0.15) is 26.2 Å². The number of nitrogens with zero attached hydrogens (tertiary/aromatic N) is 4. The van der Waals surface area contributed by atoms with Gasteiger partial charge in [0.05, 0.1) is 11.3 Å². The SMILES string of the molecule is CC1(CN)CCN(C(=O)C2CCCN(c3ncnc4sccc34)C2)C1. The van der Waals surface area contributed by atoms with E-state index in [0.29, 0.717) is 6.54 Å². The van der Waals surface area contributed by atoms with Gasteiger partial charge in [0, 0.05) is 26.2 Å². The molecule has 0 saturated carbocycles. The summed E-state index contributed by atoms with van der Waals surface area (Å²) in [5.41, 5.74) is 5.97. The molecule has 2 N–H and O–H groups in total. The van der Waals surface area contributed by atoms with Crippen LogP contribution in [0.25, 0.3) is 10.2 Å². The molecule has 0 aliphatic carbocycles. The summed E-state index contributed by atoms with van der Waals surface area (Å²) in [6.45, 7) is 6.15. The van der Waals surface area contributed by atoms with Gasteiger partial charge < -0.3 is 15.5 Å². The zero-order valence-corrected chi connectivity index (χ0v) is 15.5. The molecule has 2 aliphatic heterocycles. The number of rotatable bonds is 3. The van der Waals surface area contributed by atoms with Crippen molar-refractivity contribution < 1.29 is 4.79 Å². The lowest BCUT2D eigenvalue weighted by atomic mass is 9.90. The fourth-order valence-electron chi connectivity index (χ4n) is 4.04. The Labute approximate surface area is 152 Å². The molecule has 4 heterocycles. The minimum atomic E-state index is 0.0533. The molecule has 1 amide bonds. The molecule has 25 heavy (non-hydrogen) atoms. The van der Waals surface area contributed by atoms with E-state index in [2.05, 4.69) is 27.9 Å². The first-order chi connectivity index (χ1) is 12.1. The van der Waals surface area contributed by atoms with Gasteiger partial charge in [-0.3, -0.25) is 4.79 Å². The van der Waals surface area contributed by atoms with Gasteiger partial charge in [-0.1, -0.05) is 6.92 Å². The van der Waals surface area contributed by atoms with E-state index in [1.165, 1.54) is 0 Å². The number of amides is 1. The van der Waals surface area contributed by atoms with E-state index in [1.54, 1.807) is 17.7 Å². The van der Waals surface area contributed by atoms with Crippen LogP contribution in [-0.2, 0) is 4.79 Å². The number of carbonyl (C=O) groups excluding carboxylic acids is 1. The van der Waals surface area contributed by atoms with Crippen LogP contribution in [0.15, 0.2) is 17.8 Å². The highest BCUT2D eigenvalue weighted by Gasteiger charge is 2.38. The second kappa shape index (κ2) is 6.53. The third-order valence-corrected chi connectivity index (χ3v) is 6.49. The number of anilines is 1. The molecule has 2 aromatic rings. The Morgan fingerprint density at radius 1 is 1.44 bits per heavy atom. The van der Waals surface area contributed by atoms with Gasteiger partial charge in [-0.2, -0.15) is 0 Å². The number of fused-ring (bicyclic) bond motifs is 1. The Hall–Kier alpha value is -1.73. The molecule has 2 unspecified atom stereocenters. The third kappa shape index (κ3) is 3.11. The number of likely N-dealkylation sites (tertiary alicyclic amines) is 1. The zero-order chi connectivity index (χ0) is 17.4. The average Bonchev–Trinajstić information content (AvgIpc) is 3.28. The quantitative estimate of drug-likeness (QED) is 0.908. The number of aromatic nitrogens is 2. The summed E-state index contributed by atoms with van der Waals surface area (Å²) < 4.78 is 0. The second-order valence-corrected chi connectivity index (χ2v) is 8.54. The number of carbonyl (C=O) groups is 1. The van der Waals surface area contributed by atoms with Crippen LogP contribution in [0.5, 0.6) is 0 Å². The van der Waals surface area contributed by atoms with Gasteiger partial charge in [-0.15, -0.1) is 11.3 Å². The Kier molecular flexibility index (Phi) is 4.37. The topological polar surface area (TPSA) is 75.3 Å². The lowest BCUT2D eigenvalue weighted by molar-refractivity contribution is -0.135. The van der Waals surface area contributed by atoms with Gasteiger partial charge in [0.1, 0.15) is 17.0 Å². The Balaban J connectivity index is 1.50. The summed E-state index contributed by atoms with van der Waals surface area (Å²) in [5, 5.41) is 3.14. The van der Waals surface area contributed by atoms with Crippen LogP contribution >= 0.6 is 11.3 Å². The lowest BCUT2D eigenvalue weighted by Gasteiger charge is -2.35. The van der Waals surface area contributed by atoms with E-state index >= 15 is 0 Å². The second-order valence-electron chi connectivity index (χ2n) is 7.65. The Morgan fingerprint density at radius 3 is 3.12 bits per heavy atom. The molecule has 0 aromatic carbocycles. The molecule has 2 aliphatic rings. The van der Waals surface area contributed by atoms with Gasteiger partial charge in [-0.25, -0.2) is 9.97 Å². The average molecular weight is 359 g/mol. The van der Waals surface area contributed by atoms with Crippen LogP contribution in [0.4, 0.5) is 5.82 Å². The van der Waals surface area contributed by atoms with Gasteiger partial charge in [0.15, 0.2) is 0 Å². The zero-order valence-electron chi connectivity index (χ0n) is 14.6. The van der Waals surface area contributed by atoms with Crippen molar-refractivity contribution in [2.45, 2.75) is 26.2 Å². The van der Waals surface area contributed by atoms with E-state index in [0.717, 1.165) is 61.5 Å². The lowest BCUT2D eigenvalue weighted by Crippen LogP contribution is -2.45. The van der Waals surface area contributed by atoms with Crippen LogP contribution < -0.4 is 10.6 Å². The van der Waals surface area contributed by atoms with Crippen molar-refractivity contribution in [1.29, 1.82) is 0 Å². The molecule has 2 atom stereocenters. The van der Waals surface area contributed by atoms with Crippen molar-refractivity contribution in [3.05, 3.63) is 17.8 Å². The van der Waals surface area contributed by atoms with Gasteiger partial charge >= 0.3 is 0 Å². The molecule has 2 fully saturated rings. The van der Waals surface area contributed by atoms with Crippen LogP contribution in [0, 0.1) is 11.3 Å². The number of thiophene rings is 1. The number of nitrogens with two attached hydrogens (primary N) is 1. The first-order valence-corrected chi connectivity index (χ1v) is 9.90. The maximum Gasteiger partial charge on any atom is 0.227 e. The fraction of sp³-hybridized carbons (Fsp3) is 0.611. The predicted octanol–water partition coefficient (Wildman–Crippen LogP) is 2.10. The maximum atomic E-state index is 13.0. The molecule has 6 nitrogen and oxygen atoms in total. The molecule has 0 spiro atoms. The highest BCUT2D eigenvalue weighted by atomic mass is 32.1. The summed E-state index contributed by atoms with van der Waals surface area (Å²) >= 11 is 1.63. The third-order valence-electron chi connectivity index (χ3n) is 5.67. The van der Waals surface area contributed by atoms with Crippen molar-refractivity contribution in [2.24, 2.45) is 17.1 Å². The minimum absolute atomic E-state index is 0.0533. The molecule has 4 rings (SSSR count). The summed E-state index contributed by atoms with van der Waals surface area (Å²) in [7, 11) is 0. The maximum absolute atomic E-state index is 13.0. The molecule has 0 bridgehead atoms. The molecule has 0 radical (unpaired) electrons. The molecular weight excluding hydrogens is 334 g/mol. The van der Waals surface area contributed by atoms with E-state index in [4.69, 9.17) is 5.73 Å². The highest BCUT2D eigenvalue weighted by Crippen LogP contribution is 2.33. The van der Waals surface area contributed by atoms with Crippen molar-refractivity contribution >= 4 is 33.3 Å². The fourth-order valence-corrected chi connectivity index (χ4v) is 4.76. The molecule has 134 valence electrons. The van der Waals surface area contributed by atoms with E-state index in [9.17, 15) is 4.79 Å². The summed E-state index contributed by atoms with van der Waals surface area (Å²) in [6.07, 6.45) is 4.62. The number of piperidine rings is 1. The Bertz CT molecular complexity index is 778. The highest BCUT2D eigenvalue weighted by molar-refractivity contribution is 7.16. The first-order valence-electron chi connectivity index (χ1n) is 9.02. The minimum Gasteiger partial charge on any atom is -0.355 e. The summed E-state index contributed by atoms with van der Waals surface area (Å²) in [4.78, 5) is 27.2. The Morgan fingerprint density at radius 2 is 2.32 bits per heavy atom. The van der Waals surface area contributed by atoms with Gasteiger partial charge in [0.2, 0.25) is 5.91 Å². The van der Waals surface area contributed by atoms with Crippen molar-refractivity contribution in [2.75, 3.05) is 37.6 Å². The summed E-state index contributed by atoms with van der Waals surface area (Å²) in [6, 6.07) is 2.08. The predicted molar refractivity (Wildman–Crippen MR) is 101 cm³/mol. The molecule has 2 saturated heterocycles. The van der Waals surface area contributed by atoms with E-state index in [-0.39, 0.29) is 17.2 Å². The van der Waals surface area contributed by atoms with Crippen LogP contribution in [-0.4, -0.2) is 53.5 Å². The number of hydrogen-bond acceptors (Lipinski definition) is 6. The van der Waals surface area contributed by atoms with E-state index < -0.39 is 0 Å². The number of hydrogen-bond donors (Lipinski definition) is 1. The van der Waals surface area contributed by atoms with Crippen molar-refractivity contribution in [1.82, 2.24) is 14.9 Å². The van der Waals surface area contributed by atoms with E-state index in [1.807, 2.05) is 10.3 Å². The van der Waals surface area contributed by atoms with Crippen molar-refractivity contribution in [3.8, 4) is 0 Å². The van der Waals surface area contributed by atoms with Crippen molar-refractivity contribution in [3.63, 3.8) is 0 Å². The van der Waals surface area contributed by atoms with Gasteiger partial charge in [-0.05, 0) is 42.7 Å². The molecular formula is C18H25N5OS. The summed E-state index contributed by atoms with van der Waals surface area (Å²) in [5.74, 6) is 1.31.